The third-order valence-electron chi connectivity index (χ3n) is 4.13. The van der Waals surface area contributed by atoms with Crippen molar-refractivity contribution in [1.82, 2.24) is 20.9 Å². The first-order chi connectivity index (χ1) is 15.9. The second-order valence-corrected chi connectivity index (χ2v) is 8.36. The Hall–Kier alpha value is -3.77. The molecule has 34 heavy (non-hydrogen) atoms. The van der Waals surface area contributed by atoms with E-state index in [0.717, 1.165) is 4.90 Å². The number of rotatable bonds is 13. The Balaban J connectivity index is 2.13. The van der Waals surface area contributed by atoms with E-state index in [2.05, 4.69) is 20.9 Å². The van der Waals surface area contributed by atoms with Crippen molar-refractivity contribution >= 4 is 41.3 Å². The number of imide groups is 1. The van der Waals surface area contributed by atoms with E-state index >= 15 is 0 Å². The summed E-state index contributed by atoms with van der Waals surface area (Å²) in [5.41, 5.74) is 5.26. The average Bonchev–Trinajstić information content (AvgIpc) is 3.05. The summed E-state index contributed by atoms with van der Waals surface area (Å²) in [5.74, 6) is -2.03. The van der Waals surface area contributed by atoms with Crippen molar-refractivity contribution in [2.24, 2.45) is 10.7 Å². The van der Waals surface area contributed by atoms with Gasteiger partial charge in [0.1, 0.15) is 11.4 Å². The van der Waals surface area contributed by atoms with Gasteiger partial charge < -0.3 is 26.4 Å². The van der Waals surface area contributed by atoms with Crippen molar-refractivity contribution < 1.29 is 28.7 Å². The largest absolute Gasteiger partial charge is 0.475 e. The molecule has 0 bridgehead atoms. The third-order valence-corrected chi connectivity index (χ3v) is 4.13. The van der Waals surface area contributed by atoms with Crippen LogP contribution >= 0.6 is 0 Å². The average molecular weight is 480 g/mol. The molecule has 1 aliphatic rings. The first-order valence-corrected chi connectivity index (χ1v) is 10.8. The van der Waals surface area contributed by atoms with E-state index in [4.69, 9.17) is 15.9 Å². The standard InChI is InChI=1S/C21H33N7O6/c1-21(2,3)34-15(23)8-9-24-14(22)11-25-17(30)13-27-18(31)12-26-16(29)5-4-10-28-19(32)6-7-20(28)33/h6-7,23H,4-5,8-13H2,1-3H3,(H2,22,24)(H,25,30)(H,26,29)(H,27,31). The van der Waals surface area contributed by atoms with E-state index in [-0.39, 0.29) is 63.7 Å². The monoisotopic (exact) mass is 479 g/mol. The molecule has 0 fully saturated rings. The fourth-order valence-corrected chi connectivity index (χ4v) is 2.59. The van der Waals surface area contributed by atoms with Crippen LogP contribution in [-0.4, -0.2) is 84.5 Å². The second kappa shape index (κ2) is 13.7. The number of nitrogens with two attached hydrogens (primary N) is 1. The van der Waals surface area contributed by atoms with Gasteiger partial charge in [-0.25, -0.2) is 0 Å². The zero-order valence-electron chi connectivity index (χ0n) is 19.7. The molecule has 1 heterocycles. The predicted molar refractivity (Wildman–Crippen MR) is 124 cm³/mol. The van der Waals surface area contributed by atoms with Crippen LogP contribution in [0.15, 0.2) is 17.1 Å². The van der Waals surface area contributed by atoms with E-state index in [1.165, 1.54) is 12.2 Å². The zero-order valence-corrected chi connectivity index (χ0v) is 19.7. The number of amidine groups is 1. The topological polar surface area (TPSA) is 196 Å². The van der Waals surface area contributed by atoms with Gasteiger partial charge in [-0.15, -0.1) is 0 Å². The maximum Gasteiger partial charge on any atom is 0.253 e. The number of carbonyl (C=O) groups is 5. The highest BCUT2D eigenvalue weighted by Crippen LogP contribution is 2.08. The Morgan fingerprint density at radius 2 is 1.50 bits per heavy atom. The smallest absolute Gasteiger partial charge is 0.253 e. The highest BCUT2D eigenvalue weighted by molar-refractivity contribution is 6.12. The molecule has 13 heteroatoms. The summed E-state index contributed by atoms with van der Waals surface area (Å²) in [7, 11) is 0. The fraction of sp³-hybridized carbons (Fsp3) is 0.571. The van der Waals surface area contributed by atoms with Crippen LogP contribution in [0.5, 0.6) is 0 Å². The van der Waals surface area contributed by atoms with Crippen molar-refractivity contribution in [3.05, 3.63) is 12.2 Å². The highest BCUT2D eigenvalue weighted by Gasteiger charge is 2.22. The lowest BCUT2D eigenvalue weighted by Gasteiger charge is -2.21. The van der Waals surface area contributed by atoms with Crippen molar-refractivity contribution in [3.63, 3.8) is 0 Å². The lowest BCUT2D eigenvalue weighted by Crippen LogP contribution is -2.43. The molecule has 0 saturated carbocycles. The van der Waals surface area contributed by atoms with Gasteiger partial charge in [0.15, 0.2) is 5.90 Å². The number of hydrogen-bond donors (Lipinski definition) is 5. The summed E-state index contributed by atoms with van der Waals surface area (Å²) in [6.07, 6.45) is 2.91. The van der Waals surface area contributed by atoms with Crippen molar-refractivity contribution in [2.75, 3.05) is 32.7 Å². The van der Waals surface area contributed by atoms with Gasteiger partial charge in [0, 0.05) is 38.1 Å². The first-order valence-electron chi connectivity index (χ1n) is 10.8. The molecule has 0 aromatic carbocycles. The zero-order chi connectivity index (χ0) is 25.7. The van der Waals surface area contributed by atoms with Gasteiger partial charge in [0.2, 0.25) is 17.7 Å². The lowest BCUT2D eigenvalue weighted by molar-refractivity contribution is -0.137. The van der Waals surface area contributed by atoms with Crippen molar-refractivity contribution in [1.29, 1.82) is 5.41 Å². The number of hydrogen-bond acceptors (Lipinski definition) is 8. The van der Waals surface area contributed by atoms with Gasteiger partial charge in [-0.1, -0.05) is 0 Å². The summed E-state index contributed by atoms with van der Waals surface area (Å²) in [6.45, 7) is 5.23. The molecule has 0 unspecified atom stereocenters. The third kappa shape index (κ3) is 12.3. The molecular weight excluding hydrogens is 446 g/mol. The highest BCUT2D eigenvalue weighted by atomic mass is 16.5. The molecule has 0 radical (unpaired) electrons. The van der Waals surface area contributed by atoms with Crippen LogP contribution in [-0.2, 0) is 28.7 Å². The number of amides is 5. The number of nitrogens with one attached hydrogen (secondary N) is 4. The Kier molecular flexibility index (Phi) is 11.4. The van der Waals surface area contributed by atoms with Crippen LogP contribution in [0.3, 0.4) is 0 Å². The van der Waals surface area contributed by atoms with Gasteiger partial charge in [-0.05, 0) is 27.2 Å². The minimum Gasteiger partial charge on any atom is -0.475 e. The minimum absolute atomic E-state index is 0.0174. The van der Waals surface area contributed by atoms with Crippen LogP contribution in [0.2, 0.25) is 0 Å². The molecule has 0 aromatic heterocycles. The second-order valence-electron chi connectivity index (χ2n) is 8.36. The molecule has 0 aromatic rings. The van der Waals surface area contributed by atoms with Crippen LogP contribution < -0.4 is 21.7 Å². The van der Waals surface area contributed by atoms with Crippen LogP contribution in [0.25, 0.3) is 0 Å². The Morgan fingerprint density at radius 1 is 0.971 bits per heavy atom. The molecule has 0 spiro atoms. The summed E-state index contributed by atoms with van der Waals surface area (Å²) in [4.78, 5) is 63.2. The number of ether oxygens (including phenoxy) is 1. The van der Waals surface area contributed by atoms with E-state index < -0.39 is 35.1 Å². The first kappa shape index (κ1) is 28.3. The number of nitrogens with zero attached hydrogens (tertiary/aromatic N) is 2. The van der Waals surface area contributed by atoms with E-state index in [1.54, 1.807) is 0 Å². The van der Waals surface area contributed by atoms with Gasteiger partial charge in [-0.2, -0.15) is 0 Å². The summed E-state index contributed by atoms with van der Waals surface area (Å²) < 4.78 is 5.36. The molecule has 0 saturated heterocycles. The molecule has 1 aliphatic heterocycles. The van der Waals surface area contributed by atoms with E-state index in [1.807, 2.05) is 20.8 Å². The van der Waals surface area contributed by atoms with Gasteiger partial charge in [-0.3, -0.25) is 39.3 Å². The summed E-state index contributed by atoms with van der Waals surface area (Å²) in [6, 6.07) is 0. The predicted octanol–water partition coefficient (Wildman–Crippen LogP) is -1.42. The summed E-state index contributed by atoms with van der Waals surface area (Å²) in [5, 5.41) is 14.9. The van der Waals surface area contributed by atoms with Crippen LogP contribution in [0.4, 0.5) is 0 Å². The fourth-order valence-electron chi connectivity index (χ4n) is 2.59. The van der Waals surface area contributed by atoms with Gasteiger partial charge >= 0.3 is 0 Å². The molecule has 13 nitrogen and oxygen atoms in total. The lowest BCUT2D eigenvalue weighted by atomic mass is 10.2. The van der Waals surface area contributed by atoms with Crippen LogP contribution in [0.1, 0.15) is 40.0 Å². The van der Waals surface area contributed by atoms with Crippen molar-refractivity contribution in [2.45, 2.75) is 45.6 Å². The maximum atomic E-state index is 11.8. The number of aliphatic imine (C=N–C) groups is 1. The molecule has 6 N–H and O–H groups in total. The SMILES string of the molecule is CC(C)(C)OC(=N)CCN=C(N)CNC(=O)CNC(=O)CNC(=O)CCCN1C(=O)C=CC1=O. The molecule has 0 aliphatic carbocycles. The number of carbonyl (C=O) groups excluding carboxylic acids is 5. The van der Waals surface area contributed by atoms with E-state index in [9.17, 15) is 24.0 Å². The Morgan fingerprint density at radius 3 is 2.06 bits per heavy atom. The molecule has 5 amide bonds. The van der Waals surface area contributed by atoms with Gasteiger partial charge in [0.05, 0.1) is 19.6 Å². The molecule has 1 rings (SSSR count). The molecule has 188 valence electrons. The summed E-state index contributed by atoms with van der Waals surface area (Å²) >= 11 is 0. The Labute approximate surface area is 198 Å². The van der Waals surface area contributed by atoms with E-state index in [0.29, 0.717) is 0 Å². The molecular formula is C21H33N7O6. The van der Waals surface area contributed by atoms with Crippen molar-refractivity contribution in [3.8, 4) is 0 Å². The minimum atomic E-state index is -0.559. The normalized spacial score (nSPS) is 13.6. The molecule has 0 atom stereocenters. The quantitative estimate of drug-likeness (QED) is 0.121. The maximum absolute atomic E-state index is 11.8. The van der Waals surface area contributed by atoms with Crippen LogP contribution in [0, 0.1) is 5.41 Å². The van der Waals surface area contributed by atoms with Gasteiger partial charge in [0.25, 0.3) is 11.8 Å². The Bertz CT molecular complexity index is 842.